The van der Waals surface area contributed by atoms with E-state index in [-0.39, 0.29) is 26.0 Å². The molecule has 0 aliphatic heterocycles. The molecule has 0 spiro atoms. The van der Waals surface area contributed by atoms with Gasteiger partial charge in [-0.05, 0) is 13.0 Å². The van der Waals surface area contributed by atoms with Crippen LogP contribution in [0.5, 0.6) is 0 Å². The summed E-state index contributed by atoms with van der Waals surface area (Å²) >= 11 is 0. The molecular weight excluding hydrogens is 252 g/mol. The number of hydrogen-bond acceptors (Lipinski definition) is 5. The van der Waals surface area contributed by atoms with Crippen molar-refractivity contribution in [2.75, 3.05) is 19.6 Å². The van der Waals surface area contributed by atoms with E-state index in [1.54, 1.807) is 6.92 Å². The van der Waals surface area contributed by atoms with Crippen LogP contribution in [0.4, 0.5) is 0 Å². The van der Waals surface area contributed by atoms with E-state index < -0.39 is 17.9 Å². The molecule has 0 bridgehead atoms. The Bertz CT molecular complexity index is 357. The van der Waals surface area contributed by atoms with Crippen molar-refractivity contribution >= 4 is 24.6 Å². The fraction of sp³-hybridized carbons (Fsp3) is 0.455. The molecule has 0 radical (unpaired) electrons. The van der Waals surface area contributed by atoms with Crippen LogP contribution in [0.2, 0.25) is 0 Å². The number of nitrogens with two attached hydrogens (primary N) is 1. The maximum absolute atomic E-state index is 11.8. The summed E-state index contributed by atoms with van der Waals surface area (Å²) in [7, 11) is 0. The molecule has 106 valence electrons. The molecule has 4 amide bonds. The molecule has 0 aromatic heterocycles. The highest BCUT2D eigenvalue weighted by Crippen LogP contribution is 1.98. The van der Waals surface area contributed by atoms with Crippen molar-refractivity contribution in [2.45, 2.75) is 13.0 Å². The predicted octanol–water partition coefficient (Wildman–Crippen LogP) is -2.26. The average molecular weight is 270 g/mol. The highest BCUT2D eigenvalue weighted by atomic mass is 16.2. The standard InChI is InChI=1S/C11H18N4O4/c1-2-3-10(18)15(8-17)9(6-12)11(19)14-5-4-13-7-16/h2-3,7-9H,4-6,12H2,1H3,(H,13,16)(H,14,19)/b3-2-. The van der Waals surface area contributed by atoms with Gasteiger partial charge < -0.3 is 16.4 Å². The second-order valence-electron chi connectivity index (χ2n) is 3.47. The van der Waals surface area contributed by atoms with Crippen LogP contribution in [-0.2, 0) is 19.2 Å². The Morgan fingerprint density at radius 2 is 2.00 bits per heavy atom. The van der Waals surface area contributed by atoms with Gasteiger partial charge in [-0.3, -0.25) is 24.1 Å². The minimum Gasteiger partial charge on any atom is -0.357 e. The number of carbonyl (C=O) groups excluding carboxylic acids is 4. The third-order valence-corrected chi connectivity index (χ3v) is 2.19. The van der Waals surface area contributed by atoms with Crippen LogP contribution in [0, 0.1) is 0 Å². The summed E-state index contributed by atoms with van der Waals surface area (Å²) < 4.78 is 0. The fourth-order valence-corrected chi connectivity index (χ4v) is 1.29. The Labute approximate surface area is 111 Å². The maximum Gasteiger partial charge on any atom is 0.253 e. The molecular formula is C11H18N4O4. The molecule has 8 heteroatoms. The van der Waals surface area contributed by atoms with Crippen molar-refractivity contribution in [1.82, 2.24) is 15.5 Å². The normalized spacial score (nSPS) is 11.7. The van der Waals surface area contributed by atoms with Crippen molar-refractivity contribution < 1.29 is 19.2 Å². The monoisotopic (exact) mass is 270 g/mol. The second kappa shape index (κ2) is 9.77. The third kappa shape index (κ3) is 5.77. The number of allylic oxidation sites excluding steroid dienone is 1. The topological polar surface area (TPSA) is 122 Å². The maximum atomic E-state index is 11.8. The first-order chi connectivity index (χ1) is 9.12. The first-order valence-corrected chi connectivity index (χ1v) is 5.67. The molecule has 8 nitrogen and oxygen atoms in total. The van der Waals surface area contributed by atoms with Crippen molar-refractivity contribution in [1.29, 1.82) is 0 Å². The predicted molar refractivity (Wildman–Crippen MR) is 67.6 cm³/mol. The summed E-state index contributed by atoms with van der Waals surface area (Å²) in [6.45, 7) is 1.85. The highest BCUT2D eigenvalue weighted by molar-refractivity contribution is 5.99. The zero-order chi connectivity index (χ0) is 14.7. The first-order valence-electron chi connectivity index (χ1n) is 5.67. The third-order valence-electron chi connectivity index (χ3n) is 2.19. The molecule has 0 aliphatic rings. The lowest BCUT2D eigenvalue weighted by atomic mass is 10.2. The zero-order valence-electron chi connectivity index (χ0n) is 10.7. The average Bonchev–Trinajstić information content (AvgIpc) is 2.40. The van der Waals surface area contributed by atoms with Gasteiger partial charge in [0.2, 0.25) is 18.7 Å². The van der Waals surface area contributed by atoms with Gasteiger partial charge in [0.05, 0.1) is 0 Å². The van der Waals surface area contributed by atoms with E-state index in [1.807, 2.05) is 0 Å². The summed E-state index contributed by atoms with van der Waals surface area (Å²) in [6.07, 6.45) is 3.39. The Kier molecular flexibility index (Phi) is 8.63. The summed E-state index contributed by atoms with van der Waals surface area (Å²) in [5.41, 5.74) is 5.41. The van der Waals surface area contributed by atoms with Crippen LogP contribution in [0.3, 0.4) is 0 Å². The number of hydrogen-bond donors (Lipinski definition) is 3. The lowest BCUT2D eigenvalue weighted by Crippen LogP contribution is -2.53. The van der Waals surface area contributed by atoms with E-state index in [0.29, 0.717) is 6.41 Å². The van der Waals surface area contributed by atoms with Crippen molar-refractivity contribution in [3.8, 4) is 0 Å². The van der Waals surface area contributed by atoms with Gasteiger partial charge in [0, 0.05) is 19.6 Å². The molecule has 4 N–H and O–H groups in total. The number of nitrogens with zero attached hydrogens (tertiary/aromatic N) is 1. The molecule has 1 unspecified atom stereocenters. The summed E-state index contributed by atoms with van der Waals surface area (Å²) in [5, 5.41) is 4.82. The molecule has 0 saturated carbocycles. The van der Waals surface area contributed by atoms with Gasteiger partial charge in [0.25, 0.3) is 5.91 Å². The molecule has 1 atom stereocenters. The van der Waals surface area contributed by atoms with E-state index in [2.05, 4.69) is 10.6 Å². The van der Waals surface area contributed by atoms with Crippen LogP contribution in [0.1, 0.15) is 6.92 Å². The molecule has 0 aromatic rings. The van der Waals surface area contributed by atoms with Crippen molar-refractivity contribution in [3.05, 3.63) is 12.2 Å². The lowest BCUT2D eigenvalue weighted by molar-refractivity contribution is -0.143. The van der Waals surface area contributed by atoms with Crippen LogP contribution in [-0.4, -0.2) is 55.2 Å². The zero-order valence-corrected chi connectivity index (χ0v) is 10.7. The van der Waals surface area contributed by atoms with Crippen molar-refractivity contribution in [3.63, 3.8) is 0 Å². The van der Waals surface area contributed by atoms with Crippen LogP contribution in [0.15, 0.2) is 12.2 Å². The Balaban J connectivity index is 4.58. The van der Waals surface area contributed by atoms with Gasteiger partial charge >= 0.3 is 0 Å². The van der Waals surface area contributed by atoms with E-state index in [9.17, 15) is 19.2 Å². The quantitative estimate of drug-likeness (QED) is 0.248. The minimum absolute atomic E-state index is 0.179. The van der Waals surface area contributed by atoms with Gasteiger partial charge in [-0.15, -0.1) is 0 Å². The molecule has 0 heterocycles. The van der Waals surface area contributed by atoms with Gasteiger partial charge in [-0.2, -0.15) is 0 Å². The van der Waals surface area contributed by atoms with Gasteiger partial charge in [0.1, 0.15) is 6.04 Å². The molecule has 0 rings (SSSR count). The summed E-state index contributed by atoms with van der Waals surface area (Å²) in [5.74, 6) is -1.17. The van der Waals surface area contributed by atoms with Crippen LogP contribution >= 0.6 is 0 Å². The van der Waals surface area contributed by atoms with E-state index in [4.69, 9.17) is 5.73 Å². The smallest absolute Gasteiger partial charge is 0.253 e. The van der Waals surface area contributed by atoms with E-state index in [0.717, 1.165) is 11.0 Å². The number of rotatable bonds is 9. The number of nitrogens with one attached hydrogen (secondary N) is 2. The summed E-state index contributed by atoms with van der Waals surface area (Å²) in [6, 6.07) is -1.07. The van der Waals surface area contributed by atoms with Gasteiger partial charge in [0.15, 0.2) is 0 Å². The lowest BCUT2D eigenvalue weighted by Gasteiger charge is -2.23. The SMILES string of the molecule is C/C=C\C(=O)N(C=O)C(CN)C(=O)NCCNC=O. The van der Waals surface area contributed by atoms with Crippen LogP contribution in [0.25, 0.3) is 0 Å². The van der Waals surface area contributed by atoms with Gasteiger partial charge in [-0.25, -0.2) is 0 Å². The fourth-order valence-electron chi connectivity index (χ4n) is 1.29. The Morgan fingerprint density at radius 3 is 2.47 bits per heavy atom. The van der Waals surface area contributed by atoms with Gasteiger partial charge in [-0.1, -0.05) is 6.08 Å². The van der Waals surface area contributed by atoms with E-state index >= 15 is 0 Å². The molecule has 0 fully saturated rings. The first kappa shape index (κ1) is 16.8. The van der Waals surface area contributed by atoms with E-state index in [1.165, 1.54) is 6.08 Å². The van der Waals surface area contributed by atoms with Crippen molar-refractivity contribution in [2.24, 2.45) is 5.73 Å². The largest absolute Gasteiger partial charge is 0.357 e. The molecule has 0 saturated heterocycles. The Hall–Kier alpha value is -2.22. The summed E-state index contributed by atoms with van der Waals surface area (Å²) in [4.78, 5) is 44.9. The number of carbonyl (C=O) groups is 4. The number of amides is 4. The minimum atomic E-state index is -1.07. The second-order valence-corrected chi connectivity index (χ2v) is 3.47. The molecule has 0 aliphatic carbocycles. The van der Waals surface area contributed by atoms with Crippen LogP contribution < -0.4 is 16.4 Å². The highest BCUT2D eigenvalue weighted by Gasteiger charge is 2.26. The molecule has 0 aromatic carbocycles. The molecule has 19 heavy (non-hydrogen) atoms. The number of imide groups is 1. The Morgan fingerprint density at radius 1 is 1.32 bits per heavy atom.